The quantitative estimate of drug-likeness (QED) is 0.873. The molecule has 1 amide bonds. The smallest absolute Gasteiger partial charge is 0.238 e. The number of amides is 1. The van der Waals surface area contributed by atoms with Crippen LogP contribution in [-0.2, 0) is 4.79 Å². The van der Waals surface area contributed by atoms with Gasteiger partial charge in [0.1, 0.15) is 17.3 Å². The van der Waals surface area contributed by atoms with Crippen LogP contribution in [0, 0.1) is 11.6 Å². The lowest BCUT2D eigenvalue weighted by molar-refractivity contribution is -0.117. The maximum atomic E-state index is 13.4. The van der Waals surface area contributed by atoms with Gasteiger partial charge in [-0.25, -0.2) is 8.78 Å². The molecule has 1 aromatic rings. The summed E-state index contributed by atoms with van der Waals surface area (Å²) in [4.78, 5) is 13.7. The predicted molar refractivity (Wildman–Crippen MR) is 78.1 cm³/mol. The van der Waals surface area contributed by atoms with Gasteiger partial charge >= 0.3 is 0 Å². The molecule has 1 unspecified atom stereocenters. The zero-order chi connectivity index (χ0) is 15.2. The Morgan fingerprint density at radius 3 is 2.71 bits per heavy atom. The van der Waals surface area contributed by atoms with E-state index in [-0.39, 0.29) is 12.2 Å². The van der Waals surface area contributed by atoms with Gasteiger partial charge in [0.25, 0.3) is 0 Å². The first-order valence-corrected chi connectivity index (χ1v) is 7.22. The molecule has 0 radical (unpaired) electrons. The van der Waals surface area contributed by atoms with Crippen molar-refractivity contribution in [2.75, 3.05) is 32.0 Å². The summed E-state index contributed by atoms with van der Waals surface area (Å²) in [7, 11) is 1.83. The molecule has 6 heteroatoms. The van der Waals surface area contributed by atoms with Crippen LogP contribution >= 0.6 is 0 Å². The average Bonchev–Trinajstić information content (AvgIpc) is 2.44. The van der Waals surface area contributed by atoms with Crippen molar-refractivity contribution in [3.63, 3.8) is 0 Å². The maximum absolute atomic E-state index is 13.4. The summed E-state index contributed by atoms with van der Waals surface area (Å²) in [5.41, 5.74) is -0.383. The molecule has 0 bridgehead atoms. The first-order valence-electron chi connectivity index (χ1n) is 7.22. The SMILES string of the molecule is CN(CC(=O)Nc1c(F)cccc1F)CC1CCCCN1. The third kappa shape index (κ3) is 4.75. The molecule has 116 valence electrons. The van der Waals surface area contributed by atoms with Crippen LogP contribution < -0.4 is 10.6 Å². The number of piperidine rings is 1. The second-order valence-corrected chi connectivity index (χ2v) is 5.49. The van der Waals surface area contributed by atoms with Gasteiger partial charge in [-0.3, -0.25) is 9.69 Å². The van der Waals surface area contributed by atoms with E-state index >= 15 is 0 Å². The molecule has 21 heavy (non-hydrogen) atoms. The van der Waals surface area contributed by atoms with Crippen molar-refractivity contribution in [1.29, 1.82) is 0 Å². The van der Waals surface area contributed by atoms with Crippen LogP contribution in [0.1, 0.15) is 19.3 Å². The third-order valence-corrected chi connectivity index (χ3v) is 3.59. The van der Waals surface area contributed by atoms with E-state index in [0.717, 1.165) is 31.6 Å². The first-order chi connectivity index (χ1) is 10.1. The van der Waals surface area contributed by atoms with E-state index in [1.807, 2.05) is 11.9 Å². The number of anilines is 1. The van der Waals surface area contributed by atoms with Crippen molar-refractivity contribution in [1.82, 2.24) is 10.2 Å². The van der Waals surface area contributed by atoms with Gasteiger partial charge in [0.2, 0.25) is 5.91 Å². The number of nitrogens with zero attached hydrogens (tertiary/aromatic N) is 1. The Morgan fingerprint density at radius 2 is 2.10 bits per heavy atom. The molecule has 2 N–H and O–H groups in total. The van der Waals surface area contributed by atoms with Crippen molar-refractivity contribution >= 4 is 11.6 Å². The Morgan fingerprint density at radius 1 is 1.38 bits per heavy atom. The van der Waals surface area contributed by atoms with Crippen LogP contribution in [0.4, 0.5) is 14.5 Å². The normalized spacial score (nSPS) is 18.8. The fourth-order valence-corrected chi connectivity index (χ4v) is 2.56. The number of hydrogen-bond donors (Lipinski definition) is 2. The van der Waals surface area contributed by atoms with Gasteiger partial charge in [-0.15, -0.1) is 0 Å². The molecule has 1 aromatic carbocycles. The second kappa shape index (κ2) is 7.47. The zero-order valence-corrected chi connectivity index (χ0v) is 12.2. The summed E-state index contributed by atoms with van der Waals surface area (Å²) < 4.78 is 26.9. The Balaban J connectivity index is 1.83. The summed E-state index contributed by atoms with van der Waals surface area (Å²) in [5.74, 6) is -1.95. The minimum Gasteiger partial charge on any atom is -0.320 e. The topological polar surface area (TPSA) is 44.4 Å². The lowest BCUT2D eigenvalue weighted by Crippen LogP contribution is -2.44. The number of likely N-dealkylation sites (N-methyl/N-ethyl adjacent to an activating group) is 1. The monoisotopic (exact) mass is 297 g/mol. The molecule has 1 aliphatic heterocycles. The van der Waals surface area contributed by atoms with Crippen molar-refractivity contribution in [2.24, 2.45) is 0 Å². The number of hydrogen-bond acceptors (Lipinski definition) is 3. The minimum atomic E-state index is -0.764. The molecule has 0 saturated carbocycles. The fourth-order valence-electron chi connectivity index (χ4n) is 2.56. The highest BCUT2D eigenvalue weighted by Gasteiger charge is 2.17. The van der Waals surface area contributed by atoms with Gasteiger partial charge in [0.15, 0.2) is 0 Å². The average molecular weight is 297 g/mol. The molecule has 1 heterocycles. The van der Waals surface area contributed by atoms with Crippen LogP contribution in [-0.4, -0.2) is 43.5 Å². The summed E-state index contributed by atoms with van der Waals surface area (Å²) >= 11 is 0. The summed E-state index contributed by atoms with van der Waals surface area (Å²) in [6.07, 6.45) is 3.47. The molecule has 1 aliphatic rings. The second-order valence-electron chi connectivity index (χ2n) is 5.49. The molecule has 1 atom stereocenters. The molecule has 1 saturated heterocycles. The lowest BCUT2D eigenvalue weighted by atomic mass is 10.0. The molecule has 0 spiro atoms. The number of rotatable bonds is 5. The Bertz CT molecular complexity index is 470. The Hall–Kier alpha value is -1.53. The van der Waals surface area contributed by atoms with Gasteiger partial charge in [0.05, 0.1) is 6.54 Å². The lowest BCUT2D eigenvalue weighted by Gasteiger charge is -2.27. The number of carbonyl (C=O) groups excluding carboxylic acids is 1. The molecule has 0 aliphatic carbocycles. The van der Waals surface area contributed by atoms with E-state index in [4.69, 9.17) is 0 Å². The number of nitrogens with one attached hydrogen (secondary N) is 2. The zero-order valence-electron chi connectivity index (χ0n) is 12.2. The molecular weight excluding hydrogens is 276 g/mol. The van der Waals surface area contributed by atoms with E-state index in [2.05, 4.69) is 10.6 Å². The first kappa shape index (κ1) is 15.9. The fraction of sp³-hybridized carbons (Fsp3) is 0.533. The van der Waals surface area contributed by atoms with Crippen LogP contribution in [0.3, 0.4) is 0 Å². The molecule has 0 aromatic heterocycles. The number of halogens is 2. The molecule has 4 nitrogen and oxygen atoms in total. The summed E-state index contributed by atoms with van der Waals surface area (Å²) in [6, 6.07) is 3.88. The van der Waals surface area contributed by atoms with Crippen LogP contribution in [0.5, 0.6) is 0 Å². The number of carbonyl (C=O) groups is 1. The van der Waals surface area contributed by atoms with Crippen LogP contribution in [0.15, 0.2) is 18.2 Å². The highest BCUT2D eigenvalue weighted by Crippen LogP contribution is 2.17. The highest BCUT2D eigenvalue weighted by molar-refractivity contribution is 5.92. The van der Waals surface area contributed by atoms with Crippen molar-refractivity contribution in [2.45, 2.75) is 25.3 Å². The van der Waals surface area contributed by atoms with Crippen molar-refractivity contribution < 1.29 is 13.6 Å². The van der Waals surface area contributed by atoms with Crippen LogP contribution in [0.2, 0.25) is 0 Å². The van der Waals surface area contributed by atoms with Gasteiger partial charge in [-0.1, -0.05) is 12.5 Å². The maximum Gasteiger partial charge on any atom is 0.238 e. The predicted octanol–water partition coefficient (Wildman–Crippen LogP) is 1.98. The number of benzene rings is 1. The van der Waals surface area contributed by atoms with Crippen molar-refractivity contribution in [3.8, 4) is 0 Å². The molecule has 2 rings (SSSR count). The standard InChI is InChI=1S/C15H21F2N3O/c1-20(9-11-5-2-3-8-18-11)10-14(21)19-15-12(16)6-4-7-13(15)17/h4,6-7,11,18H,2-3,5,8-10H2,1H3,(H,19,21). The van der Waals surface area contributed by atoms with E-state index in [1.165, 1.54) is 18.9 Å². The Kier molecular flexibility index (Phi) is 5.64. The van der Waals surface area contributed by atoms with Crippen molar-refractivity contribution in [3.05, 3.63) is 29.8 Å². The van der Waals surface area contributed by atoms with E-state index in [9.17, 15) is 13.6 Å². The molecular formula is C15H21F2N3O. The van der Waals surface area contributed by atoms with Gasteiger partial charge in [-0.05, 0) is 38.6 Å². The largest absolute Gasteiger partial charge is 0.320 e. The third-order valence-electron chi connectivity index (χ3n) is 3.59. The molecule has 1 fully saturated rings. The minimum absolute atomic E-state index is 0.103. The van der Waals surface area contributed by atoms with Gasteiger partial charge in [-0.2, -0.15) is 0 Å². The summed E-state index contributed by atoms with van der Waals surface area (Å²) in [5, 5.41) is 5.69. The van der Waals surface area contributed by atoms with Gasteiger partial charge in [0, 0.05) is 12.6 Å². The van der Waals surface area contributed by atoms with E-state index < -0.39 is 17.5 Å². The Labute approximate surface area is 123 Å². The van der Waals surface area contributed by atoms with Gasteiger partial charge < -0.3 is 10.6 Å². The van der Waals surface area contributed by atoms with Crippen LogP contribution in [0.25, 0.3) is 0 Å². The van der Waals surface area contributed by atoms with E-state index in [0.29, 0.717) is 6.04 Å². The number of para-hydroxylation sites is 1. The van der Waals surface area contributed by atoms with E-state index in [1.54, 1.807) is 0 Å². The highest BCUT2D eigenvalue weighted by atomic mass is 19.1. The summed E-state index contributed by atoms with van der Waals surface area (Å²) in [6.45, 7) is 1.85.